The normalized spacial score (nSPS) is 22.8. The number of primary amides is 1. The minimum absolute atomic E-state index is 0.0621. The van der Waals surface area contributed by atoms with E-state index < -0.39 is 36.2 Å². The van der Waals surface area contributed by atoms with Crippen LogP contribution in [0.25, 0.3) is 10.9 Å². The third-order valence-corrected chi connectivity index (χ3v) is 7.58. The van der Waals surface area contributed by atoms with Crippen molar-refractivity contribution in [3.8, 4) is 0 Å². The van der Waals surface area contributed by atoms with Gasteiger partial charge in [-0.05, 0) is 36.6 Å². The number of amides is 3. The molecule has 1 aliphatic heterocycles. The fourth-order valence-corrected chi connectivity index (χ4v) is 5.34. The molecule has 1 spiro atoms. The first-order valence-electron chi connectivity index (χ1n) is 11.5. The third kappa shape index (κ3) is 4.10. The number of benzene rings is 2. The van der Waals surface area contributed by atoms with Crippen LogP contribution in [0.2, 0.25) is 5.02 Å². The molecule has 2 aromatic carbocycles. The zero-order valence-corrected chi connectivity index (χ0v) is 19.9. The van der Waals surface area contributed by atoms with Crippen molar-refractivity contribution in [3.05, 3.63) is 70.4 Å². The van der Waals surface area contributed by atoms with Gasteiger partial charge in [0.25, 0.3) is 0 Å². The highest BCUT2D eigenvalue weighted by Crippen LogP contribution is 2.54. The van der Waals surface area contributed by atoms with Gasteiger partial charge in [-0.25, -0.2) is 13.6 Å². The van der Waals surface area contributed by atoms with E-state index in [1.165, 1.54) is 15.7 Å². The van der Waals surface area contributed by atoms with Crippen molar-refractivity contribution in [2.45, 2.75) is 37.9 Å². The van der Waals surface area contributed by atoms with Crippen molar-refractivity contribution in [3.63, 3.8) is 0 Å². The van der Waals surface area contributed by atoms with Crippen molar-refractivity contribution < 1.29 is 23.2 Å². The van der Waals surface area contributed by atoms with Gasteiger partial charge in [0.2, 0.25) is 11.8 Å². The van der Waals surface area contributed by atoms with Gasteiger partial charge in [0.1, 0.15) is 17.7 Å². The molecular formula is C25H24ClF2N5O3. The Morgan fingerprint density at radius 2 is 1.86 bits per heavy atom. The van der Waals surface area contributed by atoms with E-state index in [0.717, 1.165) is 12.1 Å². The highest BCUT2D eigenvalue weighted by Gasteiger charge is 2.60. The summed E-state index contributed by atoms with van der Waals surface area (Å²) in [4.78, 5) is 39.9. The Balaban J connectivity index is 1.37. The van der Waals surface area contributed by atoms with E-state index in [1.54, 1.807) is 24.3 Å². The number of halogens is 3. The molecule has 1 aromatic heterocycles. The lowest BCUT2D eigenvalue weighted by atomic mass is 10.0. The summed E-state index contributed by atoms with van der Waals surface area (Å²) >= 11 is 5.74. The summed E-state index contributed by atoms with van der Waals surface area (Å²) in [5.74, 6) is -2.62. The van der Waals surface area contributed by atoms with Gasteiger partial charge in [0, 0.05) is 41.7 Å². The van der Waals surface area contributed by atoms with Crippen molar-refractivity contribution in [2.24, 2.45) is 16.9 Å². The Hall–Kier alpha value is -3.50. The van der Waals surface area contributed by atoms with Crippen molar-refractivity contribution in [2.75, 3.05) is 6.54 Å². The number of fused-ring (bicyclic) bond motifs is 1. The highest BCUT2D eigenvalue weighted by atomic mass is 35.5. The predicted molar refractivity (Wildman–Crippen MR) is 129 cm³/mol. The van der Waals surface area contributed by atoms with Crippen LogP contribution in [0.15, 0.2) is 42.6 Å². The Bertz CT molecular complexity index is 1410. The fourth-order valence-electron chi connectivity index (χ4n) is 5.16. The molecule has 1 unspecified atom stereocenters. The number of nitrogens with two attached hydrogens (primary N) is 2. The highest BCUT2D eigenvalue weighted by molar-refractivity contribution is 6.30. The van der Waals surface area contributed by atoms with E-state index in [2.05, 4.69) is 5.32 Å². The molecule has 3 aromatic rings. The van der Waals surface area contributed by atoms with Crippen LogP contribution >= 0.6 is 11.6 Å². The number of hydrogen-bond acceptors (Lipinski definition) is 4. The number of nitrogens with zero attached hydrogens (tertiary/aromatic N) is 2. The van der Waals surface area contributed by atoms with Gasteiger partial charge in [0.15, 0.2) is 0 Å². The molecule has 0 radical (unpaired) electrons. The second-order valence-corrected chi connectivity index (χ2v) is 9.92. The maximum Gasteiger partial charge on any atom is 0.323 e. The SMILES string of the molecule is NC(=O)n1cc(CC(=O)N2C[C@]3(CC2C(=O)NCc2c(F)ccc(Cl)c2F)C[C@H]3N)c2ccccc21. The molecule has 188 valence electrons. The van der Waals surface area contributed by atoms with Crippen LogP contribution in [0.5, 0.6) is 0 Å². The van der Waals surface area contributed by atoms with Crippen LogP contribution in [-0.4, -0.2) is 45.9 Å². The summed E-state index contributed by atoms with van der Waals surface area (Å²) in [6, 6.07) is 7.54. The average Bonchev–Trinajstić information content (AvgIpc) is 3.17. The number of carbonyl (C=O) groups excluding carboxylic acids is 3. The molecule has 2 fully saturated rings. The maximum atomic E-state index is 14.3. The molecule has 8 nitrogen and oxygen atoms in total. The van der Waals surface area contributed by atoms with Gasteiger partial charge in [-0.3, -0.25) is 14.2 Å². The average molecular weight is 516 g/mol. The van der Waals surface area contributed by atoms with Gasteiger partial charge in [0.05, 0.1) is 17.0 Å². The second kappa shape index (κ2) is 8.86. The first kappa shape index (κ1) is 24.2. The summed E-state index contributed by atoms with van der Waals surface area (Å²) in [7, 11) is 0. The van der Waals surface area contributed by atoms with Crippen molar-refractivity contribution >= 4 is 40.3 Å². The van der Waals surface area contributed by atoms with Crippen LogP contribution in [0, 0.1) is 17.0 Å². The first-order valence-corrected chi connectivity index (χ1v) is 11.8. The van der Waals surface area contributed by atoms with E-state index in [4.69, 9.17) is 23.1 Å². The minimum Gasteiger partial charge on any atom is -0.351 e. The molecule has 11 heteroatoms. The molecule has 2 heterocycles. The van der Waals surface area contributed by atoms with Gasteiger partial charge < -0.3 is 21.7 Å². The second-order valence-electron chi connectivity index (χ2n) is 9.51. The van der Waals surface area contributed by atoms with E-state index in [9.17, 15) is 23.2 Å². The van der Waals surface area contributed by atoms with Crippen LogP contribution in [0.1, 0.15) is 24.0 Å². The van der Waals surface area contributed by atoms with Gasteiger partial charge in [-0.1, -0.05) is 29.8 Å². The standard InChI is InChI=1S/C25H24ClF2N5O3/c26-16-5-6-17(27)15(22(16)28)10-31-23(35)19-8-25(9-20(25)29)12-33(19)21(34)7-13-11-32(24(30)36)18-4-2-1-3-14(13)18/h1-6,11,19-20H,7-10,12,29H2,(H2,30,36)(H,31,35)/t19?,20-,25+/m1/s1. The molecule has 2 aliphatic rings. The minimum atomic E-state index is -0.942. The Morgan fingerprint density at radius 3 is 2.56 bits per heavy atom. The lowest BCUT2D eigenvalue weighted by Gasteiger charge is -2.24. The molecule has 1 saturated carbocycles. The largest absolute Gasteiger partial charge is 0.351 e. The van der Waals surface area contributed by atoms with E-state index in [0.29, 0.717) is 35.9 Å². The van der Waals surface area contributed by atoms with Crippen molar-refractivity contribution in [1.82, 2.24) is 14.8 Å². The van der Waals surface area contributed by atoms with Crippen LogP contribution < -0.4 is 16.8 Å². The number of carbonyl (C=O) groups is 3. The van der Waals surface area contributed by atoms with E-state index >= 15 is 0 Å². The molecule has 1 saturated heterocycles. The number of rotatable bonds is 5. The first-order chi connectivity index (χ1) is 17.1. The lowest BCUT2D eigenvalue weighted by molar-refractivity contribution is -0.138. The monoisotopic (exact) mass is 515 g/mol. The lowest BCUT2D eigenvalue weighted by Crippen LogP contribution is -2.46. The predicted octanol–water partition coefficient (Wildman–Crippen LogP) is 2.68. The number of aromatic nitrogens is 1. The summed E-state index contributed by atoms with van der Waals surface area (Å²) < 4.78 is 29.7. The molecule has 3 amide bonds. The number of likely N-dealkylation sites (tertiary alicyclic amines) is 1. The molecule has 0 bridgehead atoms. The van der Waals surface area contributed by atoms with Gasteiger partial charge in [-0.2, -0.15) is 0 Å². The topological polar surface area (TPSA) is 123 Å². The number of hydrogen-bond donors (Lipinski definition) is 3. The third-order valence-electron chi connectivity index (χ3n) is 7.29. The number of nitrogens with one attached hydrogen (secondary N) is 1. The summed E-state index contributed by atoms with van der Waals surface area (Å²) in [6.07, 6.45) is 2.50. The molecule has 1 aliphatic carbocycles. The van der Waals surface area contributed by atoms with E-state index in [-0.39, 0.29) is 34.4 Å². The zero-order valence-electron chi connectivity index (χ0n) is 19.1. The summed E-state index contributed by atoms with van der Waals surface area (Å²) in [6.45, 7) is -0.111. The Morgan fingerprint density at radius 1 is 1.14 bits per heavy atom. The molecule has 5 rings (SSSR count). The molecular weight excluding hydrogens is 492 g/mol. The Labute approximate surface area is 210 Å². The quantitative estimate of drug-likeness (QED) is 0.452. The Kier molecular flexibility index (Phi) is 5.96. The fraction of sp³-hybridized carbons (Fsp3) is 0.320. The smallest absolute Gasteiger partial charge is 0.323 e. The van der Waals surface area contributed by atoms with Crippen LogP contribution in [0.3, 0.4) is 0 Å². The van der Waals surface area contributed by atoms with Crippen LogP contribution in [-0.2, 0) is 22.6 Å². The molecule has 5 N–H and O–H groups in total. The molecule has 36 heavy (non-hydrogen) atoms. The van der Waals surface area contributed by atoms with Crippen molar-refractivity contribution in [1.29, 1.82) is 0 Å². The van der Waals surface area contributed by atoms with Crippen LogP contribution in [0.4, 0.5) is 13.6 Å². The van der Waals surface area contributed by atoms with Gasteiger partial charge >= 0.3 is 6.03 Å². The van der Waals surface area contributed by atoms with Gasteiger partial charge in [-0.15, -0.1) is 0 Å². The number of para-hydroxylation sites is 1. The molecule has 3 atom stereocenters. The zero-order chi connectivity index (χ0) is 25.8. The summed E-state index contributed by atoms with van der Waals surface area (Å²) in [5.41, 5.74) is 12.1. The summed E-state index contributed by atoms with van der Waals surface area (Å²) in [5, 5.41) is 3.00. The van der Waals surface area contributed by atoms with E-state index in [1.807, 2.05) is 0 Å². The maximum absolute atomic E-state index is 14.3.